The summed E-state index contributed by atoms with van der Waals surface area (Å²) in [6.45, 7) is 15.4. The minimum atomic E-state index is -0.276. The van der Waals surface area contributed by atoms with Crippen LogP contribution in [0.4, 0.5) is 0 Å². The molecule has 1 N–H and O–H groups in total. The average molecular weight is 237 g/mol. The lowest BCUT2D eigenvalue weighted by atomic mass is 10.0. The Kier molecular flexibility index (Phi) is 7.03. The van der Waals surface area contributed by atoms with E-state index in [9.17, 15) is 4.79 Å². The van der Waals surface area contributed by atoms with Crippen molar-refractivity contribution in [3.63, 3.8) is 0 Å². The van der Waals surface area contributed by atoms with Gasteiger partial charge in [0.25, 0.3) is 0 Å². The second kappa shape index (κ2) is 7.71. The van der Waals surface area contributed by atoms with Crippen LogP contribution in [0.25, 0.3) is 0 Å². The molecule has 0 radical (unpaired) electrons. The average Bonchev–Trinajstić information content (AvgIpc) is 2.39. The van der Waals surface area contributed by atoms with Gasteiger partial charge < -0.3 is 10.1 Å². The molecule has 17 heavy (non-hydrogen) atoms. The lowest BCUT2D eigenvalue weighted by molar-refractivity contribution is -0.125. The number of ketones is 1. The van der Waals surface area contributed by atoms with Crippen molar-refractivity contribution in [1.82, 2.24) is 5.32 Å². The molecule has 0 aromatic rings. The van der Waals surface area contributed by atoms with Crippen molar-refractivity contribution < 1.29 is 9.53 Å². The number of allylic oxidation sites excluding steroid dienone is 2. The second-order valence-corrected chi connectivity index (χ2v) is 3.75. The number of nitrogens with one attached hydrogen (secondary N) is 1. The first-order chi connectivity index (χ1) is 8.10. The number of rotatable bonds is 4. The molecule has 0 aliphatic carbocycles. The third kappa shape index (κ3) is 4.10. The van der Waals surface area contributed by atoms with Crippen LogP contribution < -0.4 is 5.32 Å². The van der Waals surface area contributed by atoms with E-state index in [1.165, 1.54) is 0 Å². The van der Waals surface area contributed by atoms with E-state index in [1.807, 2.05) is 27.7 Å². The first-order valence-electron chi connectivity index (χ1n) is 6.02. The lowest BCUT2D eigenvalue weighted by Gasteiger charge is -2.27. The third-order valence-corrected chi connectivity index (χ3v) is 2.30. The summed E-state index contributed by atoms with van der Waals surface area (Å²) >= 11 is 0. The van der Waals surface area contributed by atoms with E-state index >= 15 is 0 Å². The third-order valence-electron chi connectivity index (χ3n) is 2.30. The van der Waals surface area contributed by atoms with Gasteiger partial charge in [-0.05, 0) is 12.2 Å². The Morgan fingerprint density at radius 1 is 1.41 bits per heavy atom. The van der Waals surface area contributed by atoms with Gasteiger partial charge in [0.15, 0.2) is 5.78 Å². The first-order valence-corrected chi connectivity index (χ1v) is 6.02. The Labute approximate surface area is 104 Å². The van der Waals surface area contributed by atoms with Crippen LogP contribution in [0.2, 0.25) is 0 Å². The van der Waals surface area contributed by atoms with Crippen molar-refractivity contribution in [2.75, 3.05) is 6.61 Å². The van der Waals surface area contributed by atoms with Gasteiger partial charge in [0.05, 0.1) is 5.70 Å². The van der Waals surface area contributed by atoms with Gasteiger partial charge in [-0.1, -0.05) is 40.9 Å². The predicted octanol–water partition coefficient (Wildman–Crippen LogP) is 2.81. The van der Waals surface area contributed by atoms with Crippen molar-refractivity contribution in [2.45, 2.75) is 33.7 Å². The van der Waals surface area contributed by atoms with Crippen LogP contribution in [0.15, 0.2) is 36.8 Å². The molecule has 1 aliphatic heterocycles. The fourth-order valence-electron chi connectivity index (χ4n) is 1.44. The fourth-order valence-corrected chi connectivity index (χ4v) is 1.44. The van der Waals surface area contributed by atoms with Gasteiger partial charge in [-0.25, -0.2) is 0 Å². The number of hydrogen-bond acceptors (Lipinski definition) is 3. The highest BCUT2D eigenvalue weighted by Crippen LogP contribution is 2.15. The van der Waals surface area contributed by atoms with Crippen LogP contribution in [0, 0.1) is 5.92 Å². The molecule has 1 rings (SSSR count). The molecule has 0 amide bonds. The summed E-state index contributed by atoms with van der Waals surface area (Å²) in [6.07, 6.45) is 3.25. The molecule has 1 aliphatic rings. The number of carbonyl (C=O) groups is 1. The molecular weight excluding hydrogens is 214 g/mol. The van der Waals surface area contributed by atoms with Crippen LogP contribution >= 0.6 is 0 Å². The highest BCUT2D eigenvalue weighted by atomic mass is 16.5. The monoisotopic (exact) mass is 237 g/mol. The predicted molar refractivity (Wildman–Crippen MR) is 71.5 cm³/mol. The lowest BCUT2D eigenvalue weighted by Crippen LogP contribution is -2.45. The van der Waals surface area contributed by atoms with Crippen molar-refractivity contribution in [3.8, 4) is 0 Å². The molecule has 1 heterocycles. The Balaban J connectivity index is 0.00000121. The summed E-state index contributed by atoms with van der Waals surface area (Å²) in [6, 6.07) is -0.276. The Bertz CT molecular complexity index is 316. The van der Waals surface area contributed by atoms with Crippen molar-refractivity contribution in [3.05, 3.63) is 36.8 Å². The smallest absolute Gasteiger partial charge is 0.161 e. The summed E-state index contributed by atoms with van der Waals surface area (Å²) in [7, 11) is 0. The zero-order chi connectivity index (χ0) is 13.4. The van der Waals surface area contributed by atoms with E-state index in [4.69, 9.17) is 4.74 Å². The van der Waals surface area contributed by atoms with Gasteiger partial charge >= 0.3 is 0 Å². The van der Waals surface area contributed by atoms with Crippen LogP contribution in [0.1, 0.15) is 27.7 Å². The summed E-state index contributed by atoms with van der Waals surface area (Å²) < 4.78 is 5.42. The van der Waals surface area contributed by atoms with E-state index < -0.39 is 0 Å². The minimum absolute atomic E-state index is 0.00227. The molecular formula is C14H23NO2. The second-order valence-electron chi connectivity index (χ2n) is 3.75. The number of Topliss-reactive ketones (excluding diaryl/α,β-unsaturated/α-hetero) is 1. The topological polar surface area (TPSA) is 38.3 Å². The summed E-state index contributed by atoms with van der Waals surface area (Å²) in [4.78, 5) is 11.7. The fraction of sp³-hybridized carbons (Fsp3) is 0.500. The van der Waals surface area contributed by atoms with E-state index in [0.717, 1.165) is 5.70 Å². The SMILES string of the molecule is C=CC1=C(C=C)OCC(C(=O)C(C)C)N1.CC. The van der Waals surface area contributed by atoms with E-state index in [-0.39, 0.29) is 17.7 Å². The molecule has 3 nitrogen and oxygen atoms in total. The molecule has 0 fully saturated rings. The molecule has 0 bridgehead atoms. The molecule has 3 heteroatoms. The highest BCUT2D eigenvalue weighted by Gasteiger charge is 2.26. The molecule has 0 spiro atoms. The summed E-state index contributed by atoms with van der Waals surface area (Å²) in [5.41, 5.74) is 0.732. The van der Waals surface area contributed by atoms with Gasteiger partial charge in [0.2, 0.25) is 0 Å². The van der Waals surface area contributed by atoms with Crippen molar-refractivity contribution in [1.29, 1.82) is 0 Å². The van der Waals surface area contributed by atoms with Crippen molar-refractivity contribution >= 4 is 5.78 Å². The summed E-state index contributed by atoms with van der Waals surface area (Å²) in [5.74, 6) is 0.803. The Morgan fingerprint density at radius 3 is 2.41 bits per heavy atom. The number of carbonyl (C=O) groups excluding carboxylic acids is 1. The molecule has 0 saturated carbocycles. The Hall–Kier alpha value is -1.51. The Morgan fingerprint density at radius 2 is 2.00 bits per heavy atom. The molecule has 1 unspecified atom stereocenters. The van der Waals surface area contributed by atoms with Crippen LogP contribution in [-0.4, -0.2) is 18.4 Å². The molecule has 1 atom stereocenters. The maximum absolute atomic E-state index is 11.7. The molecule has 0 saturated heterocycles. The highest BCUT2D eigenvalue weighted by molar-refractivity contribution is 5.86. The quantitative estimate of drug-likeness (QED) is 0.817. The number of hydrogen-bond donors (Lipinski definition) is 1. The standard InChI is InChI=1S/C12H17NO2.C2H6/c1-5-9-11(6-2)15-7-10(13-9)12(14)8(3)4;1-2/h5-6,8,10,13H,1-2,7H2,3-4H3;1-2H3. The largest absolute Gasteiger partial charge is 0.489 e. The molecule has 0 aromatic carbocycles. The van der Waals surface area contributed by atoms with Crippen LogP contribution in [0.5, 0.6) is 0 Å². The zero-order valence-corrected chi connectivity index (χ0v) is 11.2. The minimum Gasteiger partial charge on any atom is -0.489 e. The van der Waals surface area contributed by atoms with Crippen molar-refractivity contribution in [2.24, 2.45) is 5.92 Å². The van der Waals surface area contributed by atoms with Crippen LogP contribution in [-0.2, 0) is 9.53 Å². The molecule has 96 valence electrons. The molecule has 0 aromatic heterocycles. The maximum atomic E-state index is 11.7. The van der Waals surface area contributed by atoms with E-state index in [0.29, 0.717) is 12.4 Å². The van der Waals surface area contributed by atoms with Gasteiger partial charge in [0.1, 0.15) is 18.4 Å². The van der Waals surface area contributed by atoms with E-state index in [1.54, 1.807) is 12.2 Å². The number of ether oxygens (including phenoxy) is 1. The summed E-state index contributed by atoms with van der Waals surface area (Å²) in [5, 5.41) is 3.10. The van der Waals surface area contributed by atoms with Gasteiger partial charge in [-0.15, -0.1) is 0 Å². The van der Waals surface area contributed by atoms with Crippen LogP contribution in [0.3, 0.4) is 0 Å². The maximum Gasteiger partial charge on any atom is 0.161 e. The van der Waals surface area contributed by atoms with E-state index in [2.05, 4.69) is 18.5 Å². The zero-order valence-electron chi connectivity index (χ0n) is 11.2. The van der Waals surface area contributed by atoms with Gasteiger partial charge in [0, 0.05) is 5.92 Å². The normalized spacial score (nSPS) is 18.5. The van der Waals surface area contributed by atoms with Gasteiger partial charge in [-0.3, -0.25) is 4.79 Å². The van der Waals surface area contributed by atoms with Gasteiger partial charge in [-0.2, -0.15) is 0 Å². The first kappa shape index (κ1) is 15.5.